The minimum Gasteiger partial charge on any atom is -0.357 e. The highest BCUT2D eigenvalue weighted by molar-refractivity contribution is 7.90. The molecule has 1 amide bonds. The second-order valence-electron chi connectivity index (χ2n) is 7.18. The zero-order valence-electron chi connectivity index (χ0n) is 15.4. The summed E-state index contributed by atoms with van der Waals surface area (Å²) in [5.41, 5.74) is -0.182. The number of aliphatic imine (C=N–C) groups is 1. The highest BCUT2D eigenvalue weighted by Crippen LogP contribution is 2.19. The third-order valence-electron chi connectivity index (χ3n) is 4.06. The lowest BCUT2D eigenvalue weighted by atomic mass is 9.90. The predicted octanol–water partition coefficient (Wildman–Crippen LogP) is 0.625. The fourth-order valence-electron chi connectivity index (χ4n) is 2.43. The van der Waals surface area contributed by atoms with Crippen molar-refractivity contribution >= 4 is 21.7 Å². The van der Waals surface area contributed by atoms with Crippen LogP contribution < -0.4 is 10.6 Å². The monoisotopic (exact) mass is 360 g/mol. The largest absolute Gasteiger partial charge is 0.357 e. The van der Waals surface area contributed by atoms with Crippen molar-refractivity contribution in [2.75, 3.05) is 44.7 Å². The molecule has 1 heterocycles. The Morgan fingerprint density at radius 2 is 1.83 bits per heavy atom. The van der Waals surface area contributed by atoms with Crippen molar-refractivity contribution in [2.45, 2.75) is 40.0 Å². The number of carbonyl (C=O) groups is 1. The van der Waals surface area contributed by atoms with E-state index in [-0.39, 0.29) is 23.6 Å². The predicted molar refractivity (Wildman–Crippen MR) is 97.9 cm³/mol. The average Bonchev–Trinajstić information content (AvgIpc) is 3.02. The summed E-state index contributed by atoms with van der Waals surface area (Å²) in [6.07, 6.45) is 3.97. The number of guanidine groups is 1. The first-order valence-corrected chi connectivity index (χ1v) is 10.7. The number of hydrogen-bond acceptors (Lipinski definition) is 4. The Balaban J connectivity index is 2.51. The molecule has 8 heteroatoms. The molecule has 1 fully saturated rings. The van der Waals surface area contributed by atoms with Crippen LogP contribution in [0.25, 0.3) is 0 Å². The van der Waals surface area contributed by atoms with E-state index in [9.17, 15) is 13.2 Å². The number of amides is 1. The van der Waals surface area contributed by atoms with E-state index in [2.05, 4.69) is 15.6 Å². The van der Waals surface area contributed by atoms with Crippen molar-refractivity contribution in [3.63, 3.8) is 0 Å². The van der Waals surface area contributed by atoms with E-state index in [0.717, 1.165) is 25.9 Å². The van der Waals surface area contributed by atoms with Gasteiger partial charge in [0.15, 0.2) is 5.96 Å². The first-order valence-electron chi connectivity index (χ1n) is 8.61. The summed E-state index contributed by atoms with van der Waals surface area (Å²) < 4.78 is 22.6. The van der Waals surface area contributed by atoms with Gasteiger partial charge in [0.05, 0.1) is 5.75 Å². The molecule has 0 unspecified atom stereocenters. The Bertz CT molecular complexity index is 538. The molecule has 1 aliphatic rings. The summed E-state index contributed by atoms with van der Waals surface area (Å²) >= 11 is 0. The minimum atomic E-state index is -2.96. The molecule has 24 heavy (non-hydrogen) atoms. The molecule has 140 valence electrons. The van der Waals surface area contributed by atoms with Gasteiger partial charge in [0.1, 0.15) is 16.4 Å². The van der Waals surface area contributed by atoms with E-state index in [4.69, 9.17) is 0 Å². The van der Waals surface area contributed by atoms with Gasteiger partial charge in [-0.3, -0.25) is 4.79 Å². The van der Waals surface area contributed by atoms with Crippen LogP contribution in [-0.4, -0.2) is 69.9 Å². The van der Waals surface area contributed by atoms with Crippen molar-refractivity contribution < 1.29 is 13.2 Å². The highest BCUT2D eigenvalue weighted by atomic mass is 32.2. The van der Waals surface area contributed by atoms with Gasteiger partial charge in [-0.05, 0) is 31.6 Å². The number of sulfone groups is 1. The maximum Gasteiger partial charge on any atom is 0.244 e. The van der Waals surface area contributed by atoms with E-state index in [0.29, 0.717) is 25.5 Å². The SMILES string of the molecule is CCNC(=NCC(=O)N1CCCC1)NCC(C)(C)CCS(C)(=O)=O. The molecule has 0 bridgehead atoms. The van der Waals surface area contributed by atoms with Crippen LogP contribution in [0.4, 0.5) is 0 Å². The first-order chi connectivity index (χ1) is 11.1. The third kappa shape index (κ3) is 8.52. The van der Waals surface area contributed by atoms with Crippen molar-refractivity contribution in [1.82, 2.24) is 15.5 Å². The number of nitrogens with zero attached hydrogens (tertiary/aromatic N) is 2. The normalized spacial score (nSPS) is 16.3. The van der Waals surface area contributed by atoms with Crippen LogP contribution in [0.15, 0.2) is 4.99 Å². The first kappa shape index (κ1) is 20.7. The molecule has 0 aromatic heterocycles. The fraction of sp³-hybridized carbons (Fsp3) is 0.875. The topological polar surface area (TPSA) is 90.9 Å². The van der Waals surface area contributed by atoms with Gasteiger partial charge in [-0.15, -0.1) is 0 Å². The molecule has 0 saturated carbocycles. The Labute approximate surface area is 146 Å². The minimum absolute atomic E-state index is 0.0565. The second kappa shape index (κ2) is 9.25. The zero-order valence-corrected chi connectivity index (χ0v) is 16.2. The van der Waals surface area contributed by atoms with Crippen molar-refractivity contribution in [3.8, 4) is 0 Å². The maximum atomic E-state index is 12.1. The summed E-state index contributed by atoms with van der Waals surface area (Å²) in [7, 11) is -2.96. The van der Waals surface area contributed by atoms with E-state index >= 15 is 0 Å². The standard InChI is InChI=1S/C16H32N4O3S/c1-5-17-15(18-12-14(21)20-9-6-7-10-20)19-13-16(2,3)8-11-24(4,22)23/h5-13H2,1-4H3,(H2,17,18,19). The number of carbonyl (C=O) groups excluding carboxylic acids is 1. The van der Waals surface area contributed by atoms with E-state index in [1.165, 1.54) is 6.26 Å². The quantitative estimate of drug-likeness (QED) is 0.489. The van der Waals surface area contributed by atoms with Crippen LogP contribution in [0.3, 0.4) is 0 Å². The number of rotatable bonds is 8. The van der Waals surface area contributed by atoms with Crippen LogP contribution in [0.5, 0.6) is 0 Å². The lowest BCUT2D eigenvalue weighted by Gasteiger charge is -2.26. The molecule has 0 aliphatic carbocycles. The lowest BCUT2D eigenvalue weighted by Crippen LogP contribution is -2.43. The highest BCUT2D eigenvalue weighted by Gasteiger charge is 2.21. The van der Waals surface area contributed by atoms with Gasteiger partial charge < -0.3 is 15.5 Å². The second-order valence-corrected chi connectivity index (χ2v) is 9.44. The van der Waals surface area contributed by atoms with Gasteiger partial charge in [-0.1, -0.05) is 13.8 Å². The molecule has 7 nitrogen and oxygen atoms in total. The average molecular weight is 361 g/mol. The third-order valence-corrected chi connectivity index (χ3v) is 5.01. The van der Waals surface area contributed by atoms with Gasteiger partial charge in [0.2, 0.25) is 5.91 Å². The summed E-state index contributed by atoms with van der Waals surface area (Å²) in [6.45, 7) is 9.09. The summed E-state index contributed by atoms with van der Waals surface area (Å²) in [4.78, 5) is 18.3. The maximum absolute atomic E-state index is 12.1. The molecule has 0 atom stereocenters. The molecule has 1 saturated heterocycles. The van der Waals surface area contributed by atoms with Gasteiger partial charge >= 0.3 is 0 Å². The molecule has 0 radical (unpaired) electrons. The van der Waals surface area contributed by atoms with Crippen LogP contribution in [-0.2, 0) is 14.6 Å². The lowest BCUT2D eigenvalue weighted by molar-refractivity contribution is -0.128. The van der Waals surface area contributed by atoms with Crippen LogP contribution in [0, 0.1) is 5.41 Å². The molecule has 1 rings (SSSR count). The number of likely N-dealkylation sites (tertiary alicyclic amines) is 1. The molecular weight excluding hydrogens is 328 g/mol. The Hall–Kier alpha value is -1.31. The molecule has 1 aliphatic heterocycles. The van der Waals surface area contributed by atoms with Crippen molar-refractivity contribution in [2.24, 2.45) is 10.4 Å². The Morgan fingerprint density at radius 3 is 2.38 bits per heavy atom. The van der Waals surface area contributed by atoms with E-state index < -0.39 is 9.84 Å². The Kier molecular flexibility index (Phi) is 7.99. The summed E-state index contributed by atoms with van der Waals surface area (Å²) in [5.74, 6) is 0.821. The molecule has 2 N–H and O–H groups in total. The zero-order chi connectivity index (χ0) is 18.2. The summed E-state index contributed by atoms with van der Waals surface area (Å²) in [6, 6.07) is 0. The Morgan fingerprint density at radius 1 is 1.21 bits per heavy atom. The van der Waals surface area contributed by atoms with Gasteiger partial charge in [0.25, 0.3) is 0 Å². The van der Waals surface area contributed by atoms with Crippen molar-refractivity contribution in [1.29, 1.82) is 0 Å². The number of nitrogens with one attached hydrogen (secondary N) is 2. The number of hydrogen-bond donors (Lipinski definition) is 2. The van der Waals surface area contributed by atoms with Crippen molar-refractivity contribution in [3.05, 3.63) is 0 Å². The van der Waals surface area contributed by atoms with E-state index in [1.54, 1.807) is 0 Å². The van der Waals surface area contributed by atoms with Gasteiger partial charge in [-0.2, -0.15) is 0 Å². The molecule has 0 spiro atoms. The van der Waals surface area contributed by atoms with Gasteiger partial charge in [0, 0.05) is 32.4 Å². The molecular formula is C16H32N4O3S. The summed E-state index contributed by atoms with van der Waals surface area (Å²) in [5, 5.41) is 6.34. The molecule has 0 aromatic carbocycles. The molecule has 0 aromatic rings. The van der Waals surface area contributed by atoms with Crippen LogP contribution in [0.2, 0.25) is 0 Å². The van der Waals surface area contributed by atoms with Gasteiger partial charge in [-0.25, -0.2) is 13.4 Å². The fourth-order valence-corrected chi connectivity index (χ4v) is 3.35. The van der Waals surface area contributed by atoms with Crippen LogP contribution in [0.1, 0.15) is 40.0 Å². The van der Waals surface area contributed by atoms with E-state index in [1.807, 2.05) is 25.7 Å². The van der Waals surface area contributed by atoms with Crippen LogP contribution >= 0.6 is 0 Å². The smallest absolute Gasteiger partial charge is 0.244 e.